The molecular formula is C25H31FN4O4S. The van der Waals surface area contributed by atoms with Gasteiger partial charge in [0.25, 0.3) is 5.56 Å². The van der Waals surface area contributed by atoms with E-state index in [1.165, 1.54) is 19.4 Å². The van der Waals surface area contributed by atoms with Crippen LogP contribution in [0.5, 0.6) is 5.88 Å². The van der Waals surface area contributed by atoms with Gasteiger partial charge in [0.1, 0.15) is 11.5 Å². The van der Waals surface area contributed by atoms with E-state index in [9.17, 15) is 17.6 Å². The van der Waals surface area contributed by atoms with Gasteiger partial charge in [-0.1, -0.05) is 20.8 Å². The first-order valence-corrected chi connectivity index (χ1v) is 13.4. The van der Waals surface area contributed by atoms with Crippen molar-refractivity contribution in [2.75, 3.05) is 31.4 Å². The van der Waals surface area contributed by atoms with Gasteiger partial charge in [-0.15, -0.1) is 0 Å². The van der Waals surface area contributed by atoms with Crippen LogP contribution in [0.4, 0.5) is 10.1 Å². The molecule has 0 saturated carbocycles. The van der Waals surface area contributed by atoms with Crippen LogP contribution in [0.1, 0.15) is 39.2 Å². The second-order valence-electron chi connectivity index (χ2n) is 10.1. The fraction of sp³-hybridized carbons (Fsp3) is 0.440. The molecular weight excluding hydrogens is 471 g/mol. The van der Waals surface area contributed by atoms with E-state index < -0.39 is 21.4 Å². The number of benzene rings is 1. The molecule has 1 aliphatic rings. The summed E-state index contributed by atoms with van der Waals surface area (Å²) in [5, 5.41) is 0.809. The number of aromatic amines is 1. The zero-order valence-electron chi connectivity index (χ0n) is 20.6. The van der Waals surface area contributed by atoms with Crippen molar-refractivity contribution in [1.29, 1.82) is 0 Å². The van der Waals surface area contributed by atoms with Crippen LogP contribution in [0.3, 0.4) is 0 Å². The van der Waals surface area contributed by atoms with E-state index in [-0.39, 0.29) is 17.0 Å². The molecule has 2 N–H and O–H groups in total. The molecule has 2 aromatic heterocycles. The van der Waals surface area contributed by atoms with Gasteiger partial charge < -0.3 is 14.6 Å². The average Bonchev–Trinajstić information content (AvgIpc) is 2.78. The Labute approximate surface area is 204 Å². The number of H-pyrrole nitrogens is 1. The van der Waals surface area contributed by atoms with Crippen molar-refractivity contribution in [2.45, 2.75) is 45.1 Å². The molecule has 0 bridgehead atoms. The summed E-state index contributed by atoms with van der Waals surface area (Å²) < 4.78 is 45.6. The molecule has 0 atom stereocenters. The third-order valence-corrected chi connectivity index (χ3v) is 7.06. The summed E-state index contributed by atoms with van der Waals surface area (Å²) in [7, 11) is -1.73. The standard InChI is InChI=1S/C25H31FN4O4S/c1-25(2,3)16-10-15-11-21(30-8-6-18(7-9-30)29-35(5,32)33)24(34-4)28-22(15)19(12-16)20-13-17(26)14-27-23(20)31/h10-14,18,29H,6-9H2,1-5H3,(H,27,31). The molecule has 0 radical (unpaired) electrons. The van der Waals surface area contributed by atoms with Crippen LogP contribution in [0.2, 0.25) is 0 Å². The SMILES string of the molecule is COc1nc2c(-c3cc(F)c[nH]c3=O)cc(C(C)(C)C)cc2cc1N1CCC(NS(C)(=O)=O)CC1. The number of rotatable bonds is 5. The minimum Gasteiger partial charge on any atom is -0.480 e. The zero-order valence-corrected chi connectivity index (χ0v) is 21.4. The predicted octanol–water partition coefficient (Wildman–Crippen LogP) is 3.55. The molecule has 1 saturated heterocycles. The van der Waals surface area contributed by atoms with Crippen LogP contribution in [-0.4, -0.2) is 50.9 Å². The number of piperidine rings is 1. The van der Waals surface area contributed by atoms with E-state index in [0.717, 1.165) is 22.8 Å². The zero-order chi connectivity index (χ0) is 25.5. The molecule has 35 heavy (non-hydrogen) atoms. The maximum absolute atomic E-state index is 14.1. The summed E-state index contributed by atoms with van der Waals surface area (Å²) in [6.07, 6.45) is 3.51. The lowest BCUT2D eigenvalue weighted by molar-refractivity contribution is 0.395. The normalized spacial score (nSPS) is 15.5. The van der Waals surface area contributed by atoms with E-state index >= 15 is 0 Å². The smallest absolute Gasteiger partial charge is 0.256 e. The Bertz CT molecular complexity index is 1420. The van der Waals surface area contributed by atoms with Crippen molar-refractivity contribution in [3.05, 3.63) is 52.2 Å². The van der Waals surface area contributed by atoms with Crippen molar-refractivity contribution >= 4 is 26.6 Å². The maximum atomic E-state index is 14.1. The first-order valence-electron chi connectivity index (χ1n) is 11.5. The Morgan fingerprint density at radius 2 is 1.83 bits per heavy atom. The van der Waals surface area contributed by atoms with Crippen molar-refractivity contribution in [1.82, 2.24) is 14.7 Å². The maximum Gasteiger partial charge on any atom is 0.256 e. The summed E-state index contributed by atoms with van der Waals surface area (Å²) in [5.41, 5.74) is 2.44. The van der Waals surface area contributed by atoms with Gasteiger partial charge >= 0.3 is 0 Å². The monoisotopic (exact) mass is 502 g/mol. The van der Waals surface area contributed by atoms with Crippen LogP contribution in [0.25, 0.3) is 22.0 Å². The van der Waals surface area contributed by atoms with Crippen molar-refractivity contribution < 1.29 is 17.5 Å². The number of fused-ring (bicyclic) bond motifs is 1. The Balaban J connectivity index is 1.84. The number of anilines is 1. The van der Waals surface area contributed by atoms with Crippen LogP contribution >= 0.6 is 0 Å². The topological polar surface area (TPSA) is 104 Å². The lowest BCUT2D eigenvalue weighted by Gasteiger charge is -2.34. The lowest BCUT2D eigenvalue weighted by atomic mass is 9.84. The number of ether oxygens (including phenoxy) is 1. The fourth-order valence-electron chi connectivity index (χ4n) is 4.47. The fourth-order valence-corrected chi connectivity index (χ4v) is 5.31. The van der Waals surface area contributed by atoms with E-state index in [0.29, 0.717) is 42.9 Å². The molecule has 10 heteroatoms. The minimum absolute atomic E-state index is 0.112. The third-order valence-electron chi connectivity index (χ3n) is 6.30. The molecule has 1 aliphatic heterocycles. The quantitative estimate of drug-likeness (QED) is 0.553. The number of sulfonamides is 1. The van der Waals surface area contributed by atoms with Gasteiger partial charge in [-0.05, 0) is 48.1 Å². The van der Waals surface area contributed by atoms with Crippen LogP contribution in [0, 0.1) is 5.82 Å². The minimum atomic E-state index is -3.26. The van der Waals surface area contributed by atoms with Crippen LogP contribution in [-0.2, 0) is 15.4 Å². The highest BCUT2D eigenvalue weighted by molar-refractivity contribution is 7.88. The van der Waals surface area contributed by atoms with E-state index in [1.54, 1.807) is 0 Å². The number of hydrogen-bond donors (Lipinski definition) is 2. The van der Waals surface area contributed by atoms with Gasteiger partial charge in [0.05, 0.1) is 24.4 Å². The van der Waals surface area contributed by atoms with E-state index in [4.69, 9.17) is 9.72 Å². The Morgan fingerprint density at radius 1 is 1.14 bits per heavy atom. The number of halogens is 1. The molecule has 0 spiro atoms. The Kier molecular flexibility index (Phi) is 6.63. The molecule has 0 aliphatic carbocycles. The van der Waals surface area contributed by atoms with Gasteiger partial charge in [0, 0.05) is 36.3 Å². The summed E-state index contributed by atoms with van der Waals surface area (Å²) in [6.45, 7) is 7.49. The molecule has 4 rings (SSSR count). The number of hydrogen-bond acceptors (Lipinski definition) is 6. The van der Waals surface area contributed by atoms with Gasteiger partial charge in [-0.3, -0.25) is 4.79 Å². The lowest BCUT2D eigenvalue weighted by Crippen LogP contribution is -2.44. The molecule has 3 heterocycles. The Morgan fingerprint density at radius 3 is 2.43 bits per heavy atom. The number of pyridine rings is 2. The van der Waals surface area contributed by atoms with Crippen molar-refractivity contribution in [3.63, 3.8) is 0 Å². The first kappa shape index (κ1) is 25.1. The highest BCUT2D eigenvalue weighted by Crippen LogP contribution is 2.38. The molecule has 1 aromatic carbocycles. The first-order chi connectivity index (χ1) is 16.4. The third kappa shape index (κ3) is 5.48. The molecule has 8 nitrogen and oxygen atoms in total. The molecule has 188 valence electrons. The second kappa shape index (κ2) is 9.23. The van der Waals surface area contributed by atoms with Crippen LogP contribution < -0.4 is 19.9 Å². The van der Waals surface area contributed by atoms with Crippen LogP contribution in [0.15, 0.2) is 35.3 Å². The summed E-state index contributed by atoms with van der Waals surface area (Å²) in [4.78, 5) is 22.0. The summed E-state index contributed by atoms with van der Waals surface area (Å²) >= 11 is 0. The number of methoxy groups -OCH3 is 1. The molecule has 0 unspecified atom stereocenters. The highest BCUT2D eigenvalue weighted by atomic mass is 32.2. The van der Waals surface area contributed by atoms with E-state index in [1.807, 2.05) is 18.2 Å². The van der Waals surface area contributed by atoms with Gasteiger partial charge in [0.15, 0.2) is 0 Å². The predicted molar refractivity (Wildman–Crippen MR) is 136 cm³/mol. The molecule has 0 amide bonds. The largest absolute Gasteiger partial charge is 0.480 e. The molecule has 1 fully saturated rings. The number of nitrogens with zero attached hydrogens (tertiary/aromatic N) is 2. The number of aromatic nitrogens is 2. The molecule has 3 aromatic rings. The highest BCUT2D eigenvalue weighted by Gasteiger charge is 2.26. The van der Waals surface area contributed by atoms with Gasteiger partial charge in [-0.25, -0.2) is 22.5 Å². The van der Waals surface area contributed by atoms with Crippen molar-refractivity contribution in [3.8, 4) is 17.0 Å². The average molecular weight is 503 g/mol. The number of nitrogens with one attached hydrogen (secondary N) is 2. The summed E-state index contributed by atoms with van der Waals surface area (Å²) in [5.74, 6) is -0.146. The van der Waals surface area contributed by atoms with E-state index in [2.05, 4.69) is 35.4 Å². The Hall–Kier alpha value is -2.98. The second-order valence-corrected chi connectivity index (χ2v) is 11.9. The van der Waals surface area contributed by atoms with Crippen molar-refractivity contribution in [2.24, 2.45) is 0 Å². The summed E-state index contributed by atoms with van der Waals surface area (Å²) in [6, 6.07) is 7.03. The van der Waals surface area contributed by atoms with Gasteiger partial charge in [0.2, 0.25) is 15.9 Å². The van der Waals surface area contributed by atoms with Gasteiger partial charge in [-0.2, -0.15) is 0 Å².